The molecule has 1 N–H and O–H groups in total. The second-order valence-electron chi connectivity index (χ2n) is 3.86. The molecule has 0 saturated carbocycles. The molecule has 1 aromatic heterocycles. The van der Waals surface area contributed by atoms with Gasteiger partial charge in [-0.15, -0.1) is 0 Å². The van der Waals surface area contributed by atoms with Crippen molar-refractivity contribution in [2.75, 3.05) is 6.61 Å². The van der Waals surface area contributed by atoms with Crippen molar-refractivity contribution in [3.05, 3.63) is 48.0 Å². The van der Waals surface area contributed by atoms with E-state index in [0.717, 1.165) is 17.1 Å². The molecule has 0 spiro atoms. The minimum atomic E-state index is 0.174. The Balaban J connectivity index is 1.93. The maximum atomic E-state index is 8.81. The summed E-state index contributed by atoms with van der Waals surface area (Å²) in [6.45, 7) is 0.635. The van der Waals surface area contributed by atoms with E-state index < -0.39 is 0 Å². The first kappa shape index (κ1) is 11.7. The van der Waals surface area contributed by atoms with Crippen LogP contribution in [0, 0.1) is 0 Å². The Bertz CT molecular complexity index is 463. The van der Waals surface area contributed by atoms with E-state index in [1.807, 2.05) is 42.1 Å². The number of ether oxygens (including phenoxy) is 1. The molecule has 0 amide bonds. The van der Waals surface area contributed by atoms with E-state index in [0.29, 0.717) is 13.0 Å². The van der Waals surface area contributed by atoms with Gasteiger partial charge in [0.15, 0.2) is 0 Å². The zero-order valence-electron chi connectivity index (χ0n) is 9.84. The fourth-order valence-electron chi connectivity index (χ4n) is 1.56. The summed E-state index contributed by atoms with van der Waals surface area (Å²) < 4.78 is 7.55. The molecule has 0 saturated heterocycles. The molecule has 0 aliphatic carbocycles. The quantitative estimate of drug-likeness (QED) is 0.850. The fourth-order valence-corrected chi connectivity index (χ4v) is 1.56. The van der Waals surface area contributed by atoms with E-state index in [4.69, 9.17) is 9.84 Å². The van der Waals surface area contributed by atoms with Gasteiger partial charge in [0, 0.05) is 26.0 Å². The lowest BCUT2D eigenvalue weighted by atomic mass is 10.1. The zero-order valence-corrected chi connectivity index (χ0v) is 9.84. The van der Waals surface area contributed by atoms with Crippen LogP contribution in [0.3, 0.4) is 0 Å². The van der Waals surface area contributed by atoms with Gasteiger partial charge in [-0.3, -0.25) is 0 Å². The number of hydrogen-bond acceptors (Lipinski definition) is 3. The van der Waals surface area contributed by atoms with Crippen molar-refractivity contribution in [2.45, 2.75) is 13.0 Å². The minimum absolute atomic E-state index is 0.174. The first-order valence-electron chi connectivity index (χ1n) is 5.58. The molecule has 0 aliphatic heterocycles. The van der Waals surface area contributed by atoms with Crippen molar-refractivity contribution in [2.24, 2.45) is 7.05 Å². The van der Waals surface area contributed by atoms with Crippen LogP contribution in [-0.4, -0.2) is 21.3 Å². The molecule has 4 heteroatoms. The van der Waals surface area contributed by atoms with Gasteiger partial charge in [-0.05, 0) is 24.1 Å². The Labute approximate surface area is 100 Å². The maximum Gasteiger partial charge on any atom is 0.146 e. The SMILES string of the molecule is Cn1ccnc1COc1ccc(CCO)cc1. The lowest BCUT2D eigenvalue weighted by Gasteiger charge is -2.06. The summed E-state index contributed by atoms with van der Waals surface area (Å²) in [5.74, 6) is 1.71. The van der Waals surface area contributed by atoms with Gasteiger partial charge in [-0.2, -0.15) is 0 Å². The molecule has 0 atom stereocenters. The van der Waals surface area contributed by atoms with E-state index in [1.54, 1.807) is 6.20 Å². The monoisotopic (exact) mass is 232 g/mol. The van der Waals surface area contributed by atoms with E-state index in [2.05, 4.69) is 4.98 Å². The standard InChI is InChI=1S/C13H16N2O2/c1-15-8-7-14-13(15)10-17-12-4-2-11(3-5-12)6-9-16/h2-5,7-8,16H,6,9-10H2,1H3. The van der Waals surface area contributed by atoms with Crippen molar-refractivity contribution in [3.63, 3.8) is 0 Å². The molecule has 1 heterocycles. The van der Waals surface area contributed by atoms with Crippen LogP contribution in [0.1, 0.15) is 11.4 Å². The molecule has 1 aromatic carbocycles. The summed E-state index contributed by atoms with van der Waals surface area (Å²) in [5, 5.41) is 8.81. The van der Waals surface area contributed by atoms with Crippen LogP contribution in [-0.2, 0) is 20.1 Å². The second-order valence-corrected chi connectivity index (χ2v) is 3.86. The fraction of sp³-hybridized carbons (Fsp3) is 0.308. The van der Waals surface area contributed by atoms with Crippen LogP contribution in [0.2, 0.25) is 0 Å². The second kappa shape index (κ2) is 5.50. The summed E-state index contributed by atoms with van der Waals surface area (Å²) in [7, 11) is 1.94. The van der Waals surface area contributed by atoms with Crippen LogP contribution in [0.15, 0.2) is 36.7 Å². The van der Waals surface area contributed by atoms with Crippen LogP contribution in [0.5, 0.6) is 5.75 Å². The van der Waals surface area contributed by atoms with E-state index in [1.165, 1.54) is 0 Å². The molecular weight excluding hydrogens is 216 g/mol. The lowest BCUT2D eigenvalue weighted by Crippen LogP contribution is -2.03. The number of aliphatic hydroxyl groups excluding tert-OH is 1. The molecule has 2 aromatic rings. The van der Waals surface area contributed by atoms with Gasteiger partial charge < -0.3 is 14.4 Å². The first-order chi connectivity index (χ1) is 8.29. The molecule has 4 nitrogen and oxygen atoms in total. The average molecular weight is 232 g/mol. The van der Waals surface area contributed by atoms with E-state index in [9.17, 15) is 0 Å². The predicted octanol–water partition coefficient (Wildman–Crippen LogP) is 1.53. The number of benzene rings is 1. The summed E-state index contributed by atoms with van der Waals surface area (Å²) in [4.78, 5) is 4.18. The van der Waals surface area contributed by atoms with Crippen LogP contribution < -0.4 is 4.74 Å². The van der Waals surface area contributed by atoms with Crippen molar-refractivity contribution in [1.82, 2.24) is 9.55 Å². The van der Waals surface area contributed by atoms with Gasteiger partial charge >= 0.3 is 0 Å². The summed E-state index contributed by atoms with van der Waals surface area (Å²) in [6, 6.07) is 7.75. The summed E-state index contributed by atoms with van der Waals surface area (Å²) in [5.41, 5.74) is 1.11. The van der Waals surface area contributed by atoms with Gasteiger partial charge in [0.1, 0.15) is 18.2 Å². The highest BCUT2D eigenvalue weighted by molar-refractivity contribution is 5.27. The van der Waals surface area contributed by atoms with Gasteiger partial charge in [0.2, 0.25) is 0 Å². The lowest BCUT2D eigenvalue weighted by molar-refractivity contribution is 0.290. The molecule has 0 radical (unpaired) electrons. The van der Waals surface area contributed by atoms with Crippen LogP contribution in [0.25, 0.3) is 0 Å². The highest BCUT2D eigenvalue weighted by atomic mass is 16.5. The smallest absolute Gasteiger partial charge is 0.146 e. The van der Waals surface area contributed by atoms with Gasteiger partial charge in [-0.25, -0.2) is 4.98 Å². The third-order valence-electron chi connectivity index (χ3n) is 2.61. The number of aryl methyl sites for hydroxylation is 1. The van der Waals surface area contributed by atoms with Crippen LogP contribution >= 0.6 is 0 Å². The third kappa shape index (κ3) is 3.07. The maximum absolute atomic E-state index is 8.81. The Hall–Kier alpha value is -1.81. The number of imidazole rings is 1. The summed E-state index contributed by atoms with van der Waals surface area (Å²) in [6.07, 6.45) is 4.33. The van der Waals surface area contributed by atoms with E-state index in [-0.39, 0.29) is 6.61 Å². The number of rotatable bonds is 5. The van der Waals surface area contributed by atoms with Gasteiger partial charge in [-0.1, -0.05) is 12.1 Å². The van der Waals surface area contributed by atoms with Crippen molar-refractivity contribution < 1.29 is 9.84 Å². The normalized spacial score (nSPS) is 10.5. The van der Waals surface area contributed by atoms with Crippen LogP contribution in [0.4, 0.5) is 0 Å². The highest BCUT2D eigenvalue weighted by Crippen LogP contribution is 2.13. The molecular formula is C13H16N2O2. The Morgan fingerprint density at radius 3 is 2.65 bits per heavy atom. The minimum Gasteiger partial charge on any atom is -0.486 e. The topological polar surface area (TPSA) is 47.3 Å². The van der Waals surface area contributed by atoms with E-state index >= 15 is 0 Å². The molecule has 0 aliphatic rings. The molecule has 2 rings (SSSR count). The van der Waals surface area contributed by atoms with Crippen molar-refractivity contribution >= 4 is 0 Å². The molecule has 0 unspecified atom stereocenters. The Kier molecular flexibility index (Phi) is 3.77. The summed E-state index contributed by atoms with van der Waals surface area (Å²) >= 11 is 0. The first-order valence-corrected chi connectivity index (χ1v) is 5.58. The predicted molar refractivity (Wildman–Crippen MR) is 64.8 cm³/mol. The third-order valence-corrected chi connectivity index (χ3v) is 2.61. The molecule has 0 bridgehead atoms. The van der Waals surface area contributed by atoms with Gasteiger partial charge in [0.05, 0.1) is 0 Å². The van der Waals surface area contributed by atoms with Gasteiger partial charge in [0.25, 0.3) is 0 Å². The number of aromatic nitrogens is 2. The van der Waals surface area contributed by atoms with Crippen molar-refractivity contribution in [3.8, 4) is 5.75 Å². The number of aliphatic hydroxyl groups is 1. The Morgan fingerprint density at radius 2 is 2.06 bits per heavy atom. The average Bonchev–Trinajstić information content (AvgIpc) is 2.75. The Morgan fingerprint density at radius 1 is 1.29 bits per heavy atom. The number of nitrogens with zero attached hydrogens (tertiary/aromatic N) is 2. The highest BCUT2D eigenvalue weighted by Gasteiger charge is 2.00. The largest absolute Gasteiger partial charge is 0.486 e. The van der Waals surface area contributed by atoms with Crippen molar-refractivity contribution in [1.29, 1.82) is 0 Å². The molecule has 17 heavy (non-hydrogen) atoms. The number of hydrogen-bond donors (Lipinski definition) is 1. The molecule has 0 fully saturated rings. The zero-order chi connectivity index (χ0) is 12.1. The molecule has 90 valence electrons.